The van der Waals surface area contributed by atoms with Gasteiger partial charge in [0, 0.05) is 24.4 Å². The van der Waals surface area contributed by atoms with E-state index in [4.69, 9.17) is 11.6 Å². The molecule has 0 atom stereocenters. The van der Waals surface area contributed by atoms with Crippen molar-refractivity contribution >= 4 is 40.5 Å². The van der Waals surface area contributed by atoms with Gasteiger partial charge in [-0.05, 0) is 23.8 Å². The van der Waals surface area contributed by atoms with Gasteiger partial charge in [0.2, 0.25) is 11.8 Å². The van der Waals surface area contributed by atoms with E-state index in [-0.39, 0.29) is 22.9 Å². The summed E-state index contributed by atoms with van der Waals surface area (Å²) in [6, 6.07) is 5.70. The zero-order valence-corrected chi connectivity index (χ0v) is 16.0. The van der Waals surface area contributed by atoms with Gasteiger partial charge in [-0.3, -0.25) is 29.8 Å². The second kappa shape index (κ2) is 9.38. The molecule has 164 valence electrons. The van der Waals surface area contributed by atoms with Crippen LogP contribution in [0.1, 0.15) is 17.5 Å². The summed E-state index contributed by atoms with van der Waals surface area (Å²) in [5, 5.41) is 25.9. The smallest absolute Gasteiger partial charge is 0.352 e. The number of nitrogens with one attached hydrogen (secondary N) is 2. The number of benzene rings is 2. The molecule has 0 aromatic heterocycles. The summed E-state index contributed by atoms with van der Waals surface area (Å²) in [7, 11) is 0. The number of nitro groups is 2. The van der Waals surface area contributed by atoms with Crippen LogP contribution in [-0.4, -0.2) is 21.7 Å². The van der Waals surface area contributed by atoms with Gasteiger partial charge in [0.25, 0.3) is 11.4 Å². The molecule has 0 heterocycles. The van der Waals surface area contributed by atoms with E-state index >= 15 is 0 Å². The number of nitrogens with zero attached hydrogens (tertiary/aromatic N) is 2. The fourth-order valence-electron chi connectivity index (χ4n) is 2.42. The lowest BCUT2D eigenvalue weighted by atomic mass is 10.1. The van der Waals surface area contributed by atoms with Crippen LogP contribution in [0.4, 0.5) is 30.2 Å². The highest BCUT2D eigenvalue weighted by Gasteiger charge is 2.38. The Balaban J connectivity index is 2.00. The van der Waals surface area contributed by atoms with Gasteiger partial charge in [-0.1, -0.05) is 17.7 Å². The molecule has 0 fully saturated rings. The second-order valence-electron chi connectivity index (χ2n) is 6.03. The minimum absolute atomic E-state index is 0.0965. The van der Waals surface area contributed by atoms with Crippen LogP contribution in [0.2, 0.25) is 5.02 Å². The van der Waals surface area contributed by atoms with Crippen molar-refractivity contribution < 1.29 is 32.6 Å². The second-order valence-corrected chi connectivity index (χ2v) is 6.44. The van der Waals surface area contributed by atoms with Crippen molar-refractivity contribution in [3.05, 3.63) is 72.8 Å². The van der Waals surface area contributed by atoms with E-state index in [0.29, 0.717) is 17.7 Å². The van der Waals surface area contributed by atoms with E-state index in [1.165, 1.54) is 12.1 Å². The normalized spacial score (nSPS) is 11.0. The van der Waals surface area contributed by atoms with Gasteiger partial charge >= 0.3 is 6.18 Å². The highest BCUT2D eigenvalue weighted by molar-refractivity contribution is 6.32. The number of nitro benzene ring substituents is 2. The Morgan fingerprint density at radius 3 is 2.19 bits per heavy atom. The Bertz CT molecular complexity index is 1060. The quantitative estimate of drug-likeness (QED) is 0.365. The molecule has 2 aromatic carbocycles. The molecule has 0 saturated heterocycles. The van der Waals surface area contributed by atoms with Crippen LogP contribution in [0.3, 0.4) is 0 Å². The third kappa shape index (κ3) is 6.37. The van der Waals surface area contributed by atoms with Crippen molar-refractivity contribution in [3.8, 4) is 0 Å². The molecular weight excluding hydrogens is 449 g/mol. The van der Waals surface area contributed by atoms with Crippen molar-refractivity contribution in [1.82, 2.24) is 5.32 Å². The van der Waals surface area contributed by atoms with Crippen molar-refractivity contribution in [2.45, 2.75) is 19.1 Å². The lowest BCUT2D eigenvalue weighted by Crippen LogP contribution is -2.27. The van der Waals surface area contributed by atoms with E-state index in [1.54, 1.807) is 0 Å². The maximum absolute atomic E-state index is 13.0. The molecule has 2 N–H and O–H groups in total. The number of amides is 2. The molecule has 0 spiro atoms. The third-order valence-electron chi connectivity index (χ3n) is 3.80. The number of anilines is 1. The average Bonchev–Trinajstić information content (AvgIpc) is 2.66. The van der Waals surface area contributed by atoms with Gasteiger partial charge < -0.3 is 10.6 Å². The molecule has 0 bridgehead atoms. The average molecular weight is 461 g/mol. The standard InChI is InChI=1S/C17H12ClF3N4O6/c18-12-3-1-9(5-14(12)25(30)31)8-22-15(26)7-16(27)23-10-2-4-13(24(28)29)11(6-10)17(19,20)21/h1-6H,7-8H2,(H,22,26)(H,23,27). The van der Waals surface area contributed by atoms with Crippen molar-refractivity contribution in [2.75, 3.05) is 5.32 Å². The molecule has 31 heavy (non-hydrogen) atoms. The van der Waals surface area contributed by atoms with Crippen molar-refractivity contribution in [2.24, 2.45) is 0 Å². The molecular formula is C17H12ClF3N4O6. The van der Waals surface area contributed by atoms with E-state index < -0.39 is 45.5 Å². The predicted molar refractivity (Wildman–Crippen MR) is 101 cm³/mol. The summed E-state index contributed by atoms with van der Waals surface area (Å²) in [5.41, 5.74) is -3.16. The number of rotatable bonds is 7. The molecule has 0 aliphatic rings. The first-order valence-corrected chi connectivity index (χ1v) is 8.61. The molecule has 2 aromatic rings. The number of carbonyl (C=O) groups is 2. The fraction of sp³-hybridized carbons (Fsp3) is 0.176. The number of alkyl halides is 3. The first-order valence-electron chi connectivity index (χ1n) is 8.23. The topological polar surface area (TPSA) is 144 Å². The molecule has 14 heteroatoms. The number of hydrogen-bond acceptors (Lipinski definition) is 6. The van der Waals surface area contributed by atoms with Crippen LogP contribution < -0.4 is 10.6 Å². The Labute approximate surface area is 176 Å². The van der Waals surface area contributed by atoms with Crippen LogP contribution in [-0.2, 0) is 22.3 Å². The zero-order chi connectivity index (χ0) is 23.3. The lowest BCUT2D eigenvalue weighted by molar-refractivity contribution is -0.388. The van der Waals surface area contributed by atoms with Gasteiger partial charge in [-0.25, -0.2) is 0 Å². The highest BCUT2D eigenvalue weighted by atomic mass is 35.5. The number of halogens is 4. The fourth-order valence-corrected chi connectivity index (χ4v) is 2.61. The summed E-state index contributed by atoms with van der Waals surface area (Å²) in [5.74, 6) is -1.78. The summed E-state index contributed by atoms with van der Waals surface area (Å²) >= 11 is 5.68. The number of carbonyl (C=O) groups excluding carboxylic acids is 2. The van der Waals surface area contributed by atoms with Gasteiger partial charge in [-0.2, -0.15) is 13.2 Å². The predicted octanol–water partition coefficient (Wildman–Crippen LogP) is 3.82. The Morgan fingerprint density at radius 1 is 0.968 bits per heavy atom. The number of hydrogen-bond donors (Lipinski definition) is 2. The van der Waals surface area contributed by atoms with Crippen molar-refractivity contribution in [3.63, 3.8) is 0 Å². The summed E-state index contributed by atoms with van der Waals surface area (Å²) in [6.45, 7) is -0.167. The van der Waals surface area contributed by atoms with Gasteiger partial charge in [-0.15, -0.1) is 0 Å². The minimum atomic E-state index is -5.03. The molecule has 0 aliphatic heterocycles. The Kier molecular flexibility index (Phi) is 7.12. The molecule has 0 saturated carbocycles. The molecule has 2 rings (SSSR count). The van der Waals surface area contributed by atoms with Crippen LogP contribution in [0.5, 0.6) is 0 Å². The lowest BCUT2D eigenvalue weighted by Gasteiger charge is -2.11. The zero-order valence-electron chi connectivity index (χ0n) is 15.2. The first-order chi connectivity index (χ1) is 14.4. The summed E-state index contributed by atoms with van der Waals surface area (Å²) < 4.78 is 38.9. The van der Waals surface area contributed by atoms with Crippen molar-refractivity contribution in [1.29, 1.82) is 0 Å². The maximum atomic E-state index is 13.0. The molecule has 2 amide bonds. The summed E-state index contributed by atoms with van der Waals surface area (Å²) in [4.78, 5) is 43.4. The van der Waals surface area contributed by atoms with Crippen LogP contribution in [0, 0.1) is 20.2 Å². The van der Waals surface area contributed by atoms with Gasteiger partial charge in [0.15, 0.2) is 0 Å². The third-order valence-corrected chi connectivity index (χ3v) is 4.12. The van der Waals surface area contributed by atoms with E-state index in [1.807, 2.05) is 0 Å². The molecule has 0 unspecified atom stereocenters. The molecule has 0 aliphatic carbocycles. The maximum Gasteiger partial charge on any atom is 0.423 e. The van der Waals surface area contributed by atoms with Crippen LogP contribution in [0.15, 0.2) is 36.4 Å². The van der Waals surface area contributed by atoms with E-state index in [0.717, 1.165) is 12.1 Å². The molecule has 10 nitrogen and oxygen atoms in total. The molecule has 0 radical (unpaired) electrons. The first kappa shape index (κ1) is 23.5. The van der Waals surface area contributed by atoms with E-state index in [2.05, 4.69) is 10.6 Å². The highest BCUT2D eigenvalue weighted by Crippen LogP contribution is 2.37. The van der Waals surface area contributed by atoms with Gasteiger partial charge in [0.05, 0.1) is 9.85 Å². The monoisotopic (exact) mass is 460 g/mol. The van der Waals surface area contributed by atoms with Gasteiger partial charge in [0.1, 0.15) is 17.0 Å². The summed E-state index contributed by atoms with van der Waals surface area (Å²) in [6.07, 6.45) is -5.80. The SMILES string of the molecule is O=C(CC(=O)Nc1ccc([N+](=O)[O-])c(C(F)(F)F)c1)NCc1ccc(Cl)c([N+](=O)[O-])c1. The minimum Gasteiger partial charge on any atom is -0.352 e. The van der Waals surface area contributed by atoms with Crippen LogP contribution >= 0.6 is 11.6 Å². The van der Waals surface area contributed by atoms with E-state index in [9.17, 15) is 43.0 Å². The largest absolute Gasteiger partial charge is 0.423 e. The van der Waals surface area contributed by atoms with Crippen LogP contribution in [0.25, 0.3) is 0 Å². The Hall–Kier alpha value is -3.74. The Morgan fingerprint density at radius 2 is 1.61 bits per heavy atom.